The van der Waals surface area contributed by atoms with Crippen LogP contribution < -0.4 is 10.6 Å². The number of ether oxygens (including phenoxy) is 1. The number of benzene rings is 1. The van der Waals surface area contributed by atoms with Gasteiger partial charge in [-0.25, -0.2) is 4.79 Å². The van der Waals surface area contributed by atoms with Crippen LogP contribution in [0.3, 0.4) is 0 Å². The molecule has 166 valence electrons. The summed E-state index contributed by atoms with van der Waals surface area (Å²) < 4.78 is 5.38. The van der Waals surface area contributed by atoms with E-state index in [0.29, 0.717) is 19.4 Å². The van der Waals surface area contributed by atoms with Crippen molar-refractivity contribution in [1.29, 1.82) is 0 Å². The normalized spacial score (nSPS) is 22.0. The maximum absolute atomic E-state index is 13.2. The van der Waals surface area contributed by atoms with Crippen molar-refractivity contribution in [3.63, 3.8) is 0 Å². The fourth-order valence-corrected chi connectivity index (χ4v) is 4.44. The summed E-state index contributed by atoms with van der Waals surface area (Å²) in [4.78, 5) is 39.0. The van der Waals surface area contributed by atoms with E-state index < -0.39 is 30.2 Å². The van der Waals surface area contributed by atoms with Crippen molar-refractivity contribution < 1.29 is 24.2 Å². The monoisotopic (exact) mass is 427 g/mol. The molecule has 0 bridgehead atoms. The number of hydrogen-bond donors (Lipinski definition) is 3. The zero-order chi connectivity index (χ0) is 22.4. The SMILES string of the molecule is C#CCO[C@H](C)[C@H](NC(=O)O)C(=O)N1CCC[C@H]1C(=O)N[C@@H]1CCCc2ccccc21. The summed E-state index contributed by atoms with van der Waals surface area (Å²) in [6.07, 6.45) is 7.13. The number of nitrogens with zero attached hydrogens (tertiary/aromatic N) is 1. The summed E-state index contributed by atoms with van der Waals surface area (Å²) >= 11 is 0. The molecule has 3 amide bonds. The predicted octanol–water partition coefficient (Wildman–Crippen LogP) is 1.85. The second-order valence-electron chi connectivity index (χ2n) is 7.99. The second-order valence-corrected chi connectivity index (χ2v) is 7.99. The molecule has 0 spiro atoms. The number of carbonyl (C=O) groups excluding carboxylic acids is 2. The summed E-state index contributed by atoms with van der Waals surface area (Å²) in [5, 5.41) is 14.5. The minimum atomic E-state index is -1.34. The molecule has 2 aliphatic rings. The molecule has 8 heteroatoms. The maximum Gasteiger partial charge on any atom is 0.405 e. The van der Waals surface area contributed by atoms with E-state index in [1.165, 1.54) is 10.5 Å². The molecule has 4 atom stereocenters. The highest BCUT2D eigenvalue weighted by Crippen LogP contribution is 2.30. The van der Waals surface area contributed by atoms with E-state index >= 15 is 0 Å². The minimum Gasteiger partial charge on any atom is -0.465 e. The van der Waals surface area contributed by atoms with Gasteiger partial charge in [0.15, 0.2) is 0 Å². The molecular weight excluding hydrogens is 398 g/mol. The van der Waals surface area contributed by atoms with E-state index in [9.17, 15) is 19.5 Å². The van der Waals surface area contributed by atoms with Crippen LogP contribution in [0.2, 0.25) is 0 Å². The third-order valence-corrected chi connectivity index (χ3v) is 5.97. The van der Waals surface area contributed by atoms with Gasteiger partial charge in [0.25, 0.3) is 0 Å². The molecular formula is C23H29N3O5. The number of rotatable bonds is 7. The van der Waals surface area contributed by atoms with E-state index in [1.807, 2.05) is 18.2 Å². The van der Waals surface area contributed by atoms with Crippen LogP contribution in [-0.4, -0.2) is 59.3 Å². The van der Waals surface area contributed by atoms with E-state index in [1.54, 1.807) is 6.92 Å². The van der Waals surface area contributed by atoms with Crippen LogP contribution >= 0.6 is 0 Å². The van der Waals surface area contributed by atoms with Crippen LogP contribution in [0, 0.1) is 12.3 Å². The number of aryl methyl sites for hydroxylation is 1. The number of carboxylic acid groups (broad SMARTS) is 1. The van der Waals surface area contributed by atoms with Gasteiger partial charge in [-0.1, -0.05) is 30.2 Å². The molecule has 1 saturated heterocycles. The molecule has 1 aromatic carbocycles. The van der Waals surface area contributed by atoms with Crippen molar-refractivity contribution in [2.45, 2.75) is 63.3 Å². The first-order chi connectivity index (χ1) is 14.9. The molecule has 0 aromatic heterocycles. The third kappa shape index (κ3) is 5.36. The third-order valence-electron chi connectivity index (χ3n) is 5.97. The molecule has 0 saturated carbocycles. The van der Waals surface area contributed by atoms with Crippen LogP contribution in [0.15, 0.2) is 24.3 Å². The molecule has 0 radical (unpaired) electrons. The Morgan fingerprint density at radius 3 is 2.81 bits per heavy atom. The Bertz CT molecular complexity index is 865. The fraction of sp³-hybridized carbons (Fsp3) is 0.522. The Balaban J connectivity index is 1.72. The van der Waals surface area contributed by atoms with Gasteiger partial charge >= 0.3 is 6.09 Å². The van der Waals surface area contributed by atoms with Crippen LogP contribution in [-0.2, 0) is 20.7 Å². The summed E-state index contributed by atoms with van der Waals surface area (Å²) in [6.45, 7) is 1.93. The Kier molecular flexibility index (Phi) is 7.53. The van der Waals surface area contributed by atoms with Crippen molar-refractivity contribution in [3.8, 4) is 12.3 Å². The van der Waals surface area contributed by atoms with E-state index in [0.717, 1.165) is 24.8 Å². The summed E-state index contributed by atoms with van der Waals surface area (Å²) in [5.74, 6) is 1.62. The number of fused-ring (bicyclic) bond motifs is 1. The lowest BCUT2D eigenvalue weighted by molar-refractivity contribution is -0.142. The maximum atomic E-state index is 13.2. The highest BCUT2D eigenvalue weighted by Gasteiger charge is 2.40. The average molecular weight is 428 g/mol. The standard InChI is InChI=1S/C23H29N3O5/c1-3-14-31-15(2)20(25-23(29)30)22(28)26-13-7-12-19(26)21(27)24-18-11-6-9-16-8-4-5-10-17(16)18/h1,4-5,8,10,15,18-20,25H,6-7,9,11-14H2,2H3,(H,24,27)(H,29,30)/t15-,18-,19+,20+/m1/s1. The van der Waals surface area contributed by atoms with Gasteiger partial charge < -0.3 is 25.4 Å². The molecule has 1 aromatic rings. The largest absolute Gasteiger partial charge is 0.465 e. The number of nitrogens with one attached hydrogen (secondary N) is 2. The number of terminal acetylenes is 1. The van der Waals surface area contributed by atoms with Gasteiger partial charge in [0.05, 0.1) is 12.1 Å². The second kappa shape index (κ2) is 10.3. The quantitative estimate of drug-likeness (QED) is 0.576. The summed E-state index contributed by atoms with van der Waals surface area (Å²) in [6, 6.07) is 6.22. The fourth-order valence-electron chi connectivity index (χ4n) is 4.44. The van der Waals surface area contributed by atoms with Crippen molar-refractivity contribution in [1.82, 2.24) is 15.5 Å². The smallest absolute Gasteiger partial charge is 0.405 e. The predicted molar refractivity (Wildman–Crippen MR) is 114 cm³/mol. The number of amides is 3. The summed E-state index contributed by atoms with van der Waals surface area (Å²) in [7, 11) is 0. The zero-order valence-corrected chi connectivity index (χ0v) is 17.7. The molecule has 1 aliphatic heterocycles. The van der Waals surface area contributed by atoms with Crippen molar-refractivity contribution >= 4 is 17.9 Å². The number of hydrogen-bond acceptors (Lipinski definition) is 4. The molecule has 1 fully saturated rings. The Hall–Kier alpha value is -3.05. The zero-order valence-electron chi connectivity index (χ0n) is 17.7. The number of carbonyl (C=O) groups is 3. The molecule has 3 rings (SSSR count). The number of likely N-dealkylation sites (tertiary alicyclic amines) is 1. The van der Waals surface area contributed by atoms with Crippen LogP contribution in [0.25, 0.3) is 0 Å². The van der Waals surface area contributed by atoms with E-state index in [4.69, 9.17) is 11.2 Å². The van der Waals surface area contributed by atoms with E-state index in [-0.39, 0.29) is 18.6 Å². The van der Waals surface area contributed by atoms with E-state index in [2.05, 4.69) is 22.6 Å². The van der Waals surface area contributed by atoms with Crippen LogP contribution in [0.5, 0.6) is 0 Å². The van der Waals surface area contributed by atoms with Gasteiger partial charge in [0.2, 0.25) is 11.8 Å². The molecule has 31 heavy (non-hydrogen) atoms. The minimum absolute atomic E-state index is 0.0444. The van der Waals surface area contributed by atoms with Crippen molar-refractivity contribution in [2.75, 3.05) is 13.2 Å². The van der Waals surface area contributed by atoms with Gasteiger partial charge in [-0.2, -0.15) is 0 Å². The van der Waals surface area contributed by atoms with Gasteiger partial charge in [-0.05, 0) is 50.2 Å². The van der Waals surface area contributed by atoms with Crippen molar-refractivity contribution in [2.24, 2.45) is 0 Å². The molecule has 1 aliphatic carbocycles. The Morgan fingerprint density at radius 2 is 2.06 bits per heavy atom. The van der Waals surface area contributed by atoms with Crippen LogP contribution in [0.4, 0.5) is 4.79 Å². The topological polar surface area (TPSA) is 108 Å². The highest BCUT2D eigenvalue weighted by atomic mass is 16.5. The molecule has 0 unspecified atom stereocenters. The van der Waals surface area contributed by atoms with Gasteiger partial charge in [0.1, 0.15) is 18.7 Å². The lowest BCUT2D eigenvalue weighted by Crippen LogP contribution is -2.57. The summed E-state index contributed by atoms with van der Waals surface area (Å²) in [5.41, 5.74) is 2.36. The Labute approximate surface area is 182 Å². The molecule has 3 N–H and O–H groups in total. The van der Waals surface area contributed by atoms with Gasteiger partial charge in [-0.15, -0.1) is 6.42 Å². The first kappa shape index (κ1) is 22.6. The van der Waals surface area contributed by atoms with Gasteiger partial charge in [-0.3, -0.25) is 9.59 Å². The lowest BCUT2D eigenvalue weighted by atomic mass is 9.87. The lowest BCUT2D eigenvalue weighted by Gasteiger charge is -2.32. The molecule has 8 nitrogen and oxygen atoms in total. The average Bonchev–Trinajstić information content (AvgIpc) is 3.25. The van der Waals surface area contributed by atoms with Crippen LogP contribution in [0.1, 0.15) is 49.8 Å². The first-order valence-electron chi connectivity index (χ1n) is 10.7. The first-order valence-corrected chi connectivity index (χ1v) is 10.7. The van der Waals surface area contributed by atoms with Crippen molar-refractivity contribution in [3.05, 3.63) is 35.4 Å². The molecule has 1 heterocycles. The highest BCUT2D eigenvalue weighted by molar-refractivity contribution is 5.92. The Morgan fingerprint density at radius 1 is 1.29 bits per heavy atom. The van der Waals surface area contributed by atoms with Gasteiger partial charge in [0, 0.05) is 6.54 Å².